The second-order valence-corrected chi connectivity index (χ2v) is 4.72. The van der Waals surface area contributed by atoms with E-state index in [1.165, 1.54) is 11.5 Å². The molecule has 88 valence electrons. The highest BCUT2D eigenvalue weighted by molar-refractivity contribution is 7.09. The summed E-state index contributed by atoms with van der Waals surface area (Å²) in [6.07, 6.45) is 1.58. The first-order valence-electron chi connectivity index (χ1n) is 5.53. The number of amides is 1. The number of nitrogens with one attached hydrogen (secondary N) is 1. The van der Waals surface area contributed by atoms with E-state index < -0.39 is 0 Å². The predicted octanol–water partition coefficient (Wildman–Crippen LogP) is 1.27. The molecule has 1 atom stereocenters. The number of likely N-dealkylation sites (tertiary alicyclic amines) is 1. The number of carbonyl (C=O) groups is 1. The van der Waals surface area contributed by atoms with Crippen LogP contribution in [0.3, 0.4) is 0 Å². The molecule has 5 nitrogen and oxygen atoms in total. The minimum absolute atomic E-state index is 0.234. The Morgan fingerprint density at radius 3 is 3.12 bits per heavy atom. The number of aromatic nitrogens is 2. The average Bonchev–Trinajstić information content (AvgIpc) is 2.87. The fourth-order valence-corrected chi connectivity index (χ4v) is 2.51. The zero-order chi connectivity index (χ0) is 11.5. The van der Waals surface area contributed by atoms with Crippen LogP contribution in [-0.4, -0.2) is 39.3 Å². The van der Waals surface area contributed by atoms with Gasteiger partial charge in [-0.1, -0.05) is 6.92 Å². The number of anilines is 1. The number of hydrogen-bond donors (Lipinski definition) is 1. The maximum atomic E-state index is 11.5. The molecule has 1 saturated heterocycles. The molecule has 1 amide bonds. The van der Waals surface area contributed by atoms with Crippen molar-refractivity contribution in [3.8, 4) is 0 Å². The molecule has 16 heavy (non-hydrogen) atoms. The lowest BCUT2D eigenvalue weighted by molar-refractivity contribution is -0.129. The lowest BCUT2D eigenvalue weighted by Crippen LogP contribution is -2.30. The molecule has 2 heterocycles. The highest BCUT2D eigenvalue weighted by Gasteiger charge is 2.25. The highest BCUT2D eigenvalue weighted by Crippen LogP contribution is 2.17. The molecule has 2 rings (SSSR count). The molecule has 1 aliphatic heterocycles. The van der Waals surface area contributed by atoms with Crippen molar-refractivity contribution in [2.75, 3.05) is 18.4 Å². The lowest BCUT2D eigenvalue weighted by atomic mass is 10.3. The summed E-state index contributed by atoms with van der Waals surface area (Å²) in [7, 11) is 0. The third kappa shape index (κ3) is 2.49. The molecule has 1 aromatic rings. The Hall–Kier alpha value is -1.17. The van der Waals surface area contributed by atoms with Gasteiger partial charge >= 0.3 is 0 Å². The van der Waals surface area contributed by atoms with Gasteiger partial charge in [-0.25, -0.2) is 4.98 Å². The Kier molecular flexibility index (Phi) is 3.38. The number of carbonyl (C=O) groups excluding carboxylic acids is 1. The molecule has 1 fully saturated rings. The van der Waals surface area contributed by atoms with E-state index in [1.54, 1.807) is 0 Å². The summed E-state index contributed by atoms with van der Waals surface area (Å²) >= 11 is 1.38. The van der Waals surface area contributed by atoms with Crippen LogP contribution in [0.1, 0.15) is 25.6 Å². The van der Waals surface area contributed by atoms with E-state index in [-0.39, 0.29) is 5.91 Å². The summed E-state index contributed by atoms with van der Waals surface area (Å²) in [5.74, 6) is 1.03. The van der Waals surface area contributed by atoms with Crippen molar-refractivity contribution in [1.29, 1.82) is 0 Å². The van der Waals surface area contributed by atoms with E-state index >= 15 is 0 Å². The Balaban J connectivity index is 1.87. The molecule has 0 unspecified atom stereocenters. The van der Waals surface area contributed by atoms with Gasteiger partial charge in [0, 0.05) is 37.1 Å². The molecular formula is C10H16N4OS. The maximum Gasteiger partial charge on any atom is 0.222 e. The molecule has 0 bridgehead atoms. The quantitative estimate of drug-likeness (QED) is 0.864. The van der Waals surface area contributed by atoms with Gasteiger partial charge in [0.15, 0.2) is 0 Å². The Morgan fingerprint density at radius 1 is 1.69 bits per heavy atom. The van der Waals surface area contributed by atoms with Crippen LogP contribution in [0.4, 0.5) is 5.13 Å². The fraction of sp³-hybridized carbons (Fsp3) is 0.700. The van der Waals surface area contributed by atoms with Gasteiger partial charge in [0.05, 0.1) is 0 Å². The van der Waals surface area contributed by atoms with E-state index in [1.807, 2.05) is 18.7 Å². The van der Waals surface area contributed by atoms with Gasteiger partial charge in [0.1, 0.15) is 5.82 Å². The first-order chi connectivity index (χ1) is 7.69. The highest BCUT2D eigenvalue weighted by atomic mass is 32.1. The first kappa shape index (κ1) is 11.3. The largest absolute Gasteiger partial charge is 0.356 e. The SMILES string of the molecule is CCC(=O)N1CC[C@@H](Nc2nc(C)ns2)C1. The van der Waals surface area contributed by atoms with Gasteiger partial charge in [0.25, 0.3) is 0 Å². The molecule has 0 saturated carbocycles. The zero-order valence-electron chi connectivity index (χ0n) is 9.56. The monoisotopic (exact) mass is 240 g/mol. The van der Waals surface area contributed by atoms with Crippen LogP contribution >= 0.6 is 11.5 Å². The summed E-state index contributed by atoms with van der Waals surface area (Å²) in [6.45, 7) is 5.41. The van der Waals surface area contributed by atoms with E-state index in [0.717, 1.165) is 30.5 Å². The van der Waals surface area contributed by atoms with Crippen molar-refractivity contribution in [1.82, 2.24) is 14.3 Å². The molecule has 1 N–H and O–H groups in total. The van der Waals surface area contributed by atoms with Gasteiger partial charge in [-0.15, -0.1) is 0 Å². The molecule has 0 radical (unpaired) electrons. The Bertz CT molecular complexity index is 379. The van der Waals surface area contributed by atoms with Crippen molar-refractivity contribution in [3.63, 3.8) is 0 Å². The topological polar surface area (TPSA) is 58.1 Å². The zero-order valence-corrected chi connectivity index (χ0v) is 10.4. The lowest BCUT2D eigenvalue weighted by Gasteiger charge is -2.15. The molecule has 6 heteroatoms. The average molecular weight is 240 g/mol. The van der Waals surface area contributed by atoms with Gasteiger partial charge < -0.3 is 10.2 Å². The Labute approximate surface area is 99.0 Å². The summed E-state index contributed by atoms with van der Waals surface area (Å²) in [5, 5.41) is 4.18. The van der Waals surface area contributed by atoms with E-state index in [4.69, 9.17) is 0 Å². The fourth-order valence-electron chi connectivity index (χ4n) is 1.86. The van der Waals surface area contributed by atoms with E-state index in [9.17, 15) is 4.79 Å². The van der Waals surface area contributed by atoms with Crippen LogP contribution in [0.25, 0.3) is 0 Å². The second-order valence-electron chi connectivity index (χ2n) is 3.97. The van der Waals surface area contributed by atoms with Crippen molar-refractivity contribution in [2.24, 2.45) is 0 Å². The summed E-state index contributed by atoms with van der Waals surface area (Å²) in [5.41, 5.74) is 0. The third-order valence-corrected chi connectivity index (χ3v) is 3.44. The van der Waals surface area contributed by atoms with Crippen LogP contribution in [0.2, 0.25) is 0 Å². The first-order valence-corrected chi connectivity index (χ1v) is 6.31. The van der Waals surface area contributed by atoms with Crippen molar-refractivity contribution >= 4 is 22.6 Å². The molecule has 0 aliphatic carbocycles. The standard InChI is InChI=1S/C10H16N4OS/c1-3-9(15)14-5-4-8(6-14)12-10-11-7(2)13-16-10/h8H,3-6H2,1-2H3,(H,11,12,13)/t8-/m1/s1. The van der Waals surface area contributed by atoms with Crippen LogP contribution in [-0.2, 0) is 4.79 Å². The maximum absolute atomic E-state index is 11.5. The molecule has 0 spiro atoms. The van der Waals surface area contributed by atoms with Gasteiger partial charge in [0.2, 0.25) is 11.0 Å². The molecule has 0 aromatic carbocycles. The van der Waals surface area contributed by atoms with E-state index in [2.05, 4.69) is 14.7 Å². The third-order valence-electron chi connectivity index (χ3n) is 2.70. The molecular weight excluding hydrogens is 224 g/mol. The van der Waals surface area contributed by atoms with Crippen LogP contribution < -0.4 is 5.32 Å². The summed E-state index contributed by atoms with van der Waals surface area (Å²) in [6, 6.07) is 0.322. The number of nitrogens with zero attached hydrogens (tertiary/aromatic N) is 3. The molecule has 1 aromatic heterocycles. The number of hydrogen-bond acceptors (Lipinski definition) is 5. The van der Waals surface area contributed by atoms with Gasteiger partial charge in [-0.3, -0.25) is 4.79 Å². The second kappa shape index (κ2) is 4.78. The van der Waals surface area contributed by atoms with Crippen molar-refractivity contribution in [2.45, 2.75) is 32.7 Å². The van der Waals surface area contributed by atoms with Gasteiger partial charge in [-0.05, 0) is 13.3 Å². The van der Waals surface area contributed by atoms with Crippen LogP contribution in [0.15, 0.2) is 0 Å². The van der Waals surface area contributed by atoms with Crippen molar-refractivity contribution in [3.05, 3.63) is 5.82 Å². The number of rotatable bonds is 3. The summed E-state index contributed by atoms with van der Waals surface area (Å²) < 4.78 is 4.12. The minimum Gasteiger partial charge on any atom is -0.356 e. The smallest absolute Gasteiger partial charge is 0.222 e. The normalized spacial score (nSPS) is 20.1. The summed E-state index contributed by atoms with van der Waals surface area (Å²) in [4.78, 5) is 17.7. The van der Waals surface area contributed by atoms with Gasteiger partial charge in [-0.2, -0.15) is 4.37 Å². The predicted molar refractivity (Wildman–Crippen MR) is 63.5 cm³/mol. The van der Waals surface area contributed by atoms with Crippen LogP contribution in [0, 0.1) is 6.92 Å². The van der Waals surface area contributed by atoms with E-state index in [0.29, 0.717) is 12.5 Å². The minimum atomic E-state index is 0.234. The van der Waals surface area contributed by atoms with Crippen LogP contribution in [0.5, 0.6) is 0 Å². The number of aryl methyl sites for hydroxylation is 1. The van der Waals surface area contributed by atoms with Crippen molar-refractivity contribution < 1.29 is 4.79 Å². The Morgan fingerprint density at radius 2 is 2.50 bits per heavy atom. The molecule has 1 aliphatic rings.